The summed E-state index contributed by atoms with van der Waals surface area (Å²) in [6.45, 7) is 4.19. The number of halogens is 1. The molecule has 0 spiro atoms. The second-order valence-corrected chi connectivity index (χ2v) is 8.89. The fourth-order valence-corrected chi connectivity index (χ4v) is 4.39. The first-order valence-corrected chi connectivity index (χ1v) is 11.0. The van der Waals surface area contributed by atoms with Gasteiger partial charge in [0.2, 0.25) is 11.0 Å². The zero-order chi connectivity index (χ0) is 22.0. The van der Waals surface area contributed by atoms with Crippen molar-refractivity contribution in [3.63, 3.8) is 0 Å². The van der Waals surface area contributed by atoms with Crippen LogP contribution in [0.4, 0.5) is 10.8 Å². The van der Waals surface area contributed by atoms with Crippen molar-refractivity contribution in [1.29, 1.82) is 0 Å². The van der Waals surface area contributed by atoms with Gasteiger partial charge < -0.3 is 4.90 Å². The van der Waals surface area contributed by atoms with Crippen LogP contribution in [0.3, 0.4) is 0 Å². The number of hydrogen-bond acceptors (Lipinski definition) is 5. The van der Waals surface area contributed by atoms with E-state index in [0.717, 1.165) is 21.8 Å². The number of aromatic nitrogens is 2. The molecule has 0 bridgehead atoms. The minimum Gasteiger partial charge on any atom is -0.312 e. The van der Waals surface area contributed by atoms with Gasteiger partial charge in [0.25, 0.3) is 5.91 Å². The summed E-state index contributed by atoms with van der Waals surface area (Å²) in [6, 6.07) is 15.3. The van der Waals surface area contributed by atoms with E-state index in [1.807, 2.05) is 61.5 Å². The summed E-state index contributed by atoms with van der Waals surface area (Å²) in [5.41, 5.74) is 3.27. The molecule has 1 saturated heterocycles. The molecule has 1 atom stereocenters. The third kappa shape index (κ3) is 4.84. The fraction of sp³-hybridized carbons (Fsp3) is 0.217. The van der Waals surface area contributed by atoms with Crippen molar-refractivity contribution < 1.29 is 9.59 Å². The second kappa shape index (κ2) is 8.99. The van der Waals surface area contributed by atoms with Crippen molar-refractivity contribution in [1.82, 2.24) is 10.2 Å². The molecule has 2 heterocycles. The third-order valence-corrected chi connectivity index (χ3v) is 6.55. The molecule has 0 radical (unpaired) electrons. The molecule has 0 aliphatic carbocycles. The van der Waals surface area contributed by atoms with Crippen molar-refractivity contribution in [2.45, 2.75) is 26.2 Å². The number of rotatable bonds is 5. The zero-order valence-electron chi connectivity index (χ0n) is 17.1. The molecule has 31 heavy (non-hydrogen) atoms. The van der Waals surface area contributed by atoms with E-state index in [0.29, 0.717) is 28.7 Å². The molecule has 158 valence electrons. The summed E-state index contributed by atoms with van der Waals surface area (Å²) in [6.07, 6.45) is 2.17. The van der Waals surface area contributed by atoms with Crippen molar-refractivity contribution in [2.24, 2.45) is 0 Å². The van der Waals surface area contributed by atoms with E-state index < -0.39 is 0 Å². The Morgan fingerprint density at radius 3 is 2.74 bits per heavy atom. The maximum absolute atomic E-state index is 12.6. The Hall–Kier alpha value is -3.03. The first kappa shape index (κ1) is 21.2. The quantitative estimate of drug-likeness (QED) is 0.549. The Morgan fingerprint density at radius 1 is 1.23 bits per heavy atom. The van der Waals surface area contributed by atoms with Gasteiger partial charge in [-0.25, -0.2) is 0 Å². The normalized spacial score (nSPS) is 16.6. The lowest BCUT2D eigenvalue weighted by atomic mass is 10.1. The highest BCUT2D eigenvalue weighted by Gasteiger charge is 2.34. The number of aryl methyl sites for hydroxylation is 1. The van der Waals surface area contributed by atoms with Gasteiger partial charge >= 0.3 is 0 Å². The van der Waals surface area contributed by atoms with Crippen LogP contribution in [-0.2, 0) is 9.59 Å². The number of carbonyl (C=O) groups excluding carboxylic acids is 2. The number of anilines is 2. The number of amides is 2. The van der Waals surface area contributed by atoms with Gasteiger partial charge in [-0.1, -0.05) is 59.3 Å². The van der Waals surface area contributed by atoms with E-state index in [-0.39, 0.29) is 17.7 Å². The van der Waals surface area contributed by atoms with Gasteiger partial charge in [-0.2, -0.15) is 0 Å². The average Bonchev–Trinajstić information content (AvgIpc) is 3.37. The molecule has 1 aliphatic heterocycles. The lowest BCUT2D eigenvalue weighted by molar-refractivity contribution is -0.117. The summed E-state index contributed by atoms with van der Waals surface area (Å²) in [7, 11) is 0. The zero-order valence-corrected chi connectivity index (χ0v) is 18.7. The standard InChI is InChI=1S/C23H21ClN4O2S/c1-14-8-9-18(12-19(14)24)28-13-17(11-20(28)29)22-26-27-23(31-22)25-21(30)15(2)10-16-6-4-3-5-7-16/h3-10,12,17H,11,13H2,1-2H3,(H,25,27,30)/b15-10+. The Morgan fingerprint density at radius 2 is 2.00 bits per heavy atom. The van der Waals surface area contributed by atoms with Gasteiger partial charge in [0.15, 0.2) is 0 Å². The van der Waals surface area contributed by atoms with Crippen LogP contribution in [0.15, 0.2) is 54.1 Å². The monoisotopic (exact) mass is 452 g/mol. The van der Waals surface area contributed by atoms with E-state index in [4.69, 9.17) is 11.6 Å². The van der Waals surface area contributed by atoms with E-state index in [1.54, 1.807) is 11.8 Å². The topological polar surface area (TPSA) is 75.2 Å². The van der Waals surface area contributed by atoms with E-state index in [2.05, 4.69) is 15.5 Å². The molecular formula is C23H21ClN4O2S. The number of nitrogens with one attached hydrogen (secondary N) is 1. The Labute approximate surface area is 189 Å². The Bertz CT molecular complexity index is 1160. The molecule has 8 heteroatoms. The molecular weight excluding hydrogens is 432 g/mol. The number of carbonyl (C=O) groups is 2. The maximum atomic E-state index is 12.6. The molecule has 1 aromatic heterocycles. The molecule has 3 aromatic rings. The summed E-state index contributed by atoms with van der Waals surface area (Å²) in [4.78, 5) is 26.8. The highest BCUT2D eigenvalue weighted by atomic mass is 35.5. The van der Waals surface area contributed by atoms with E-state index in [9.17, 15) is 9.59 Å². The Kier molecular flexibility index (Phi) is 6.15. The van der Waals surface area contributed by atoms with Gasteiger partial charge in [-0.15, -0.1) is 10.2 Å². The van der Waals surface area contributed by atoms with E-state index in [1.165, 1.54) is 11.3 Å². The Balaban J connectivity index is 1.43. The third-order valence-electron chi connectivity index (χ3n) is 5.14. The smallest absolute Gasteiger partial charge is 0.253 e. The summed E-state index contributed by atoms with van der Waals surface area (Å²) >= 11 is 7.52. The first-order valence-electron chi connectivity index (χ1n) is 9.85. The highest BCUT2D eigenvalue weighted by Crippen LogP contribution is 2.35. The van der Waals surface area contributed by atoms with Gasteiger partial charge in [-0.05, 0) is 43.2 Å². The predicted molar refractivity (Wildman–Crippen MR) is 125 cm³/mol. The van der Waals surface area contributed by atoms with Crippen molar-refractivity contribution in [3.8, 4) is 0 Å². The minimum absolute atomic E-state index is 0.0207. The number of benzene rings is 2. The molecule has 1 fully saturated rings. The van der Waals surface area contributed by atoms with Crippen LogP contribution < -0.4 is 10.2 Å². The van der Waals surface area contributed by atoms with Crippen LogP contribution in [0.1, 0.15) is 35.4 Å². The molecule has 0 saturated carbocycles. The summed E-state index contributed by atoms with van der Waals surface area (Å²) in [5, 5.41) is 12.9. The van der Waals surface area contributed by atoms with Gasteiger partial charge in [0.1, 0.15) is 5.01 Å². The van der Waals surface area contributed by atoms with Gasteiger partial charge in [0, 0.05) is 35.2 Å². The van der Waals surface area contributed by atoms with Crippen LogP contribution in [0, 0.1) is 6.92 Å². The van der Waals surface area contributed by atoms with Gasteiger partial charge in [0.05, 0.1) is 0 Å². The van der Waals surface area contributed by atoms with Crippen LogP contribution in [0.25, 0.3) is 6.08 Å². The van der Waals surface area contributed by atoms with Crippen LogP contribution in [0.5, 0.6) is 0 Å². The number of nitrogens with zero attached hydrogens (tertiary/aromatic N) is 3. The minimum atomic E-state index is -0.232. The lowest BCUT2D eigenvalue weighted by Crippen LogP contribution is -2.24. The second-order valence-electron chi connectivity index (χ2n) is 7.48. The molecule has 2 amide bonds. The molecule has 4 rings (SSSR count). The molecule has 2 aromatic carbocycles. The summed E-state index contributed by atoms with van der Waals surface area (Å²) in [5.74, 6) is -0.283. The predicted octanol–water partition coefficient (Wildman–Crippen LogP) is 5.06. The SMILES string of the molecule is C/C(=C\c1ccccc1)C(=O)Nc1nnc(C2CC(=O)N(c3ccc(C)c(Cl)c3)C2)s1. The molecule has 1 unspecified atom stereocenters. The lowest BCUT2D eigenvalue weighted by Gasteiger charge is -2.17. The average molecular weight is 453 g/mol. The van der Waals surface area contributed by atoms with Crippen molar-refractivity contribution in [2.75, 3.05) is 16.8 Å². The summed E-state index contributed by atoms with van der Waals surface area (Å²) < 4.78 is 0. The van der Waals surface area contributed by atoms with Gasteiger partial charge in [-0.3, -0.25) is 14.9 Å². The molecule has 6 nitrogen and oxygen atoms in total. The number of hydrogen-bond donors (Lipinski definition) is 1. The van der Waals surface area contributed by atoms with Crippen LogP contribution in [-0.4, -0.2) is 28.6 Å². The van der Waals surface area contributed by atoms with Crippen molar-refractivity contribution >= 4 is 51.6 Å². The molecule has 1 N–H and O–H groups in total. The largest absolute Gasteiger partial charge is 0.312 e. The first-order chi connectivity index (χ1) is 14.9. The van der Waals surface area contributed by atoms with Crippen molar-refractivity contribution in [3.05, 3.63) is 75.3 Å². The fourth-order valence-electron chi connectivity index (χ4n) is 3.38. The molecule has 1 aliphatic rings. The maximum Gasteiger partial charge on any atom is 0.253 e. The van der Waals surface area contributed by atoms with Crippen LogP contribution >= 0.6 is 22.9 Å². The van der Waals surface area contributed by atoms with E-state index >= 15 is 0 Å². The highest BCUT2D eigenvalue weighted by molar-refractivity contribution is 7.15. The van der Waals surface area contributed by atoms with Crippen LogP contribution in [0.2, 0.25) is 5.02 Å².